The Morgan fingerprint density at radius 2 is 1.65 bits per heavy atom. The number of halogens is 2. The molecule has 0 saturated carbocycles. The van der Waals surface area contributed by atoms with Gasteiger partial charge in [-0.25, -0.2) is 12.8 Å². The molecule has 1 unspecified atom stereocenters. The van der Waals surface area contributed by atoms with E-state index in [1.807, 2.05) is 6.92 Å². The number of nitrogens with zero attached hydrogens (tertiary/aromatic N) is 2. The highest BCUT2D eigenvalue weighted by molar-refractivity contribution is 7.92. The molecule has 10 heteroatoms. The van der Waals surface area contributed by atoms with Crippen LogP contribution < -0.4 is 9.62 Å². The summed E-state index contributed by atoms with van der Waals surface area (Å²) in [5.41, 5.74) is 1.75. The molecule has 0 bridgehead atoms. The predicted octanol–water partition coefficient (Wildman–Crippen LogP) is 4.45. The molecule has 3 rings (SSSR count). The molecule has 2 amide bonds. The number of anilines is 1. The van der Waals surface area contributed by atoms with Gasteiger partial charge in [0.15, 0.2) is 0 Å². The van der Waals surface area contributed by atoms with Crippen molar-refractivity contribution in [1.29, 1.82) is 0 Å². The molecule has 0 heterocycles. The first-order valence-corrected chi connectivity index (χ1v) is 13.4. The molecule has 1 N–H and O–H groups in total. The molecule has 0 spiro atoms. The third-order valence-electron chi connectivity index (χ3n) is 6.11. The lowest BCUT2D eigenvalue weighted by Crippen LogP contribution is -2.51. The molecule has 0 aliphatic rings. The van der Waals surface area contributed by atoms with Crippen molar-refractivity contribution in [3.63, 3.8) is 0 Å². The fourth-order valence-corrected chi connectivity index (χ4v) is 5.46. The molecule has 37 heavy (non-hydrogen) atoms. The molecule has 0 radical (unpaired) electrons. The lowest BCUT2D eigenvalue weighted by molar-refractivity contribution is -0.139. The van der Waals surface area contributed by atoms with Gasteiger partial charge in [0.25, 0.3) is 10.0 Å². The minimum Gasteiger partial charge on any atom is -0.357 e. The number of benzene rings is 3. The molecular formula is C27H29ClFN3O4S. The molecule has 0 aromatic heterocycles. The zero-order valence-corrected chi connectivity index (χ0v) is 22.6. The molecular weight excluding hydrogens is 517 g/mol. The van der Waals surface area contributed by atoms with Gasteiger partial charge in [0, 0.05) is 24.2 Å². The second kappa shape index (κ2) is 11.7. The Morgan fingerprint density at radius 1 is 1.00 bits per heavy atom. The van der Waals surface area contributed by atoms with Gasteiger partial charge < -0.3 is 10.2 Å². The van der Waals surface area contributed by atoms with Crippen LogP contribution in [-0.4, -0.2) is 44.8 Å². The van der Waals surface area contributed by atoms with Crippen LogP contribution in [0.5, 0.6) is 0 Å². The van der Waals surface area contributed by atoms with E-state index in [2.05, 4.69) is 5.32 Å². The number of aryl methyl sites for hydroxylation is 1. The van der Waals surface area contributed by atoms with Crippen molar-refractivity contribution in [3.05, 3.63) is 94.3 Å². The minimum absolute atomic E-state index is 0.00900. The lowest BCUT2D eigenvalue weighted by atomic mass is 10.1. The number of nitrogens with one attached hydrogen (secondary N) is 1. The van der Waals surface area contributed by atoms with E-state index in [1.54, 1.807) is 43.3 Å². The SMILES string of the molecule is CNC(=O)C(C)N(Cc1ccccc1F)C(=O)CN(c1cccc(Cl)c1C)S(=O)(=O)c1ccc(C)cc1. The summed E-state index contributed by atoms with van der Waals surface area (Å²) in [6, 6.07) is 15.9. The third-order valence-corrected chi connectivity index (χ3v) is 8.29. The standard InChI is InChI=1S/C27H29ClFN3O4S/c1-18-12-14-22(15-13-18)37(35,36)32(25-11-7-9-23(28)19(25)2)17-26(33)31(20(3)27(34)30-4)16-21-8-5-6-10-24(21)29/h5-15,20H,16-17H2,1-4H3,(H,30,34). The number of rotatable bonds is 9. The normalized spacial score (nSPS) is 12.1. The number of carbonyl (C=O) groups excluding carboxylic acids is 2. The van der Waals surface area contributed by atoms with E-state index in [0.29, 0.717) is 10.6 Å². The molecule has 196 valence electrons. The van der Waals surface area contributed by atoms with Crippen molar-refractivity contribution in [3.8, 4) is 0 Å². The van der Waals surface area contributed by atoms with Crippen LogP contribution in [0.15, 0.2) is 71.6 Å². The predicted molar refractivity (Wildman–Crippen MR) is 142 cm³/mol. The maximum absolute atomic E-state index is 14.5. The van der Waals surface area contributed by atoms with Gasteiger partial charge in [0.1, 0.15) is 18.4 Å². The third kappa shape index (κ3) is 6.29. The van der Waals surface area contributed by atoms with Gasteiger partial charge >= 0.3 is 0 Å². The molecule has 0 aliphatic heterocycles. The molecule has 7 nitrogen and oxygen atoms in total. The highest BCUT2D eigenvalue weighted by Gasteiger charge is 2.33. The number of likely N-dealkylation sites (N-methyl/N-ethyl adjacent to an activating group) is 1. The van der Waals surface area contributed by atoms with Gasteiger partial charge in [0.2, 0.25) is 11.8 Å². The summed E-state index contributed by atoms with van der Waals surface area (Å²) >= 11 is 6.30. The van der Waals surface area contributed by atoms with Gasteiger partial charge in [-0.2, -0.15) is 0 Å². The second-order valence-corrected chi connectivity index (χ2v) is 10.9. The fraction of sp³-hybridized carbons (Fsp3) is 0.259. The summed E-state index contributed by atoms with van der Waals surface area (Å²) in [5, 5.41) is 2.82. The zero-order valence-electron chi connectivity index (χ0n) is 21.0. The van der Waals surface area contributed by atoms with Gasteiger partial charge in [-0.3, -0.25) is 13.9 Å². The Hall–Kier alpha value is -3.43. The average molecular weight is 546 g/mol. The van der Waals surface area contributed by atoms with Crippen molar-refractivity contribution in [2.45, 2.75) is 38.3 Å². The van der Waals surface area contributed by atoms with Crippen LogP contribution in [0, 0.1) is 19.7 Å². The second-order valence-electron chi connectivity index (χ2n) is 8.61. The summed E-state index contributed by atoms with van der Waals surface area (Å²) in [6.07, 6.45) is 0. The molecule has 3 aromatic rings. The maximum Gasteiger partial charge on any atom is 0.264 e. The van der Waals surface area contributed by atoms with Gasteiger partial charge in [-0.15, -0.1) is 0 Å². The van der Waals surface area contributed by atoms with Crippen molar-refractivity contribution < 1.29 is 22.4 Å². The van der Waals surface area contributed by atoms with Crippen LogP contribution in [0.1, 0.15) is 23.6 Å². The summed E-state index contributed by atoms with van der Waals surface area (Å²) in [4.78, 5) is 27.4. The van der Waals surface area contributed by atoms with Crippen molar-refractivity contribution in [2.75, 3.05) is 17.9 Å². The summed E-state index contributed by atoms with van der Waals surface area (Å²) in [5.74, 6) is -1.70. The smallest absolute Gasteiger partial charge is 0.264 e. The lowest BCUT2D eigenvalue weighted by Gasteiger charge is -2.32. The number of carbonyl (C=O) groups is 2. The quantitative estimate of drug-likeness (QED) is 0.430. The number of hydrogen-bond donors (Lipinski definition) is 1. The molecule has 0 fully saturated rings. The van der Waals surface area contributed by atoms with Crippen LogP contribution in [0.4, 0.5) is 10.1 Å². The summed E-state index contributed by atoms with van der Waals surface area (Å²) in [6.45, 7) is 4.13. The zero-order chi connectivity index (χ0) is 27.3. The summed E-state index contributed by atoms with van der Waals surface area (Å²) < 4.78 is 43.1. The highest BCUT2D eigenvalue weighted by atomic mass is 35.5. The summed E-state index contributed by atoms with van der Waals surface area (Å²) in [7, 11) is -2.79. The molecule has 0 saturated heterocycles. The Balaban J connectivity index is 2.09. The Morgan fingerprint density at radius 3 is 2.27 bits per heavy atom. The van der Waals surface area contributed by atoms with Crippen molar-refractivity contribution in [2.24, 2.45) is 0 Å². The molecule has 3 aromatic carbocycles. The van der Waals surface area contributed by atoms with E-state index in [9.17, 15) is 22.4 Å². The Labute approximate surface area is 221 Å². The highest BCUT2D eigenvalue weighted by Crippen LogP contribution is 2.31. The van der Waals surface area contributed by atoms with Crippen molar-refractivity contribution in [1.82, 2.24) is 10.2 Å². The monoisotopic (exact) mass is 545 g/mol. The first-order valence-electron chi connectivity index (χ1n) is 11.6. The number of sulfonamides is 1. The number of hydrogen-bond acceptors (Lipinski definition) is 4. The van der Waals surface area contributed by atoms with E-state index in [1.165, 1.54) is 44.3 Å². The Kier molecular flexibility index (Phi) is 8.94. The van der Waals surface area contributed by atoms with Crippen LogP contribution in [0.3, 0.4) is 0 Å². The van der Waals surface area contributed by atoms with Crippen LogP contribution in [-0.2, 0) is 26.2 Å². The van der Waals surface area contributed by atoms with Gasteiger partial charge in [0.05, 0.1) is 10.6 Å². The average Bonchev–Trinajstić information content (AvgIpc) is 2.87. The van der Waals surface area contributed by atoms with Crippen LogP contribution in [0.2, 0.25) is 5.02 Å². The maximum atomic E-state index is 14.5. The topological polar surface area (TPSA) is 86.8 Å². The van der Waals surface area contributed by atoms with E-state index in [0.717, 1.165) is 14.8 Å². The molecule has 0 aliphatic carbocycles. The van der Waals surface area contributed by atoms with E-state index in [-0.39, 0.29) is 22.7 Å². The van der Waals surface area contributed by atoms with E-state index in [4.69, 9.17) is 11.6 Å². The largest absolute Gasteiger partial charge is 0.357 e. The van der Waals surface area contributed by atoms with Crippen molar-refractivity contribution >= 4 is 39.1 Å². The van der Waals surface area contributed by atoms with E-state index < -0.39 is 40.2 Å². The fourth-order valence-electron chi connectivity index (χ4n) is 3.82. The molecule has 1 atom stereocenters. The minimum atomic E-state index is -4.22. The Bertz CT molecular complexity index is 1400. The van der Waals surface area contributed by atoms with Gasteiger partial charge in [-0.1, -0.05) is 53.6 Å². The first kappa shape index (κ1) is 28.1. The first-order chi connectivity index (χ1) is 17.5. The van der Waals surface area contributed by atoms with E-state index >= 15 is 0 Å². The number of amides is 2. The van der Waals surface area contributed by atoms with Gasteiger partial charge in [-0.05, 0) is 56.7 Å². The van der Waals surface area contributed by atoms with Crippen LogP contribution in [0.25, 0.3) is 0 Å². The van der Waals surface area contributed by atoms with Crippen LogP contribution >= 0.6 is 11.6 Å².